The van der Waals surface area contributed by atoms with Gasteiger partial charge in [-0.2, -0.15) is 0 Å². The van der Waals surface area contributed by atoms with Gasteiger partial charge in [0.05, 0.1) is 26.7 Å². The molecule has 80 heavy (non-hydrogen) atoms. The number of hydrogen-bond acceptors (Lipinski definition) is 12. The van der Waals surface area contributed by atoms with Crippen LogP contribution >= 0.6 is 0 Å². The predicted octanol–water partition coefficient (Wildman–Crippen LogP) is 10.5. The summed E-state index contributed by atoms with van der Waals surface area (Å²) in [6, 6.07) is 21.7. The molecule has 5 amide bonds. The number of anilines is 1. The van der Waals surface area contributed by atoms with Crippen LogP contribution in [0.25, 0.3) is 0 Å². The van der Waals surface area contributed by atoms with Gasteiger partial charge in [-0.1, -0.05) is 95.3 Å². The van der Waals surface area contributed by atoms with E-state index in [1.54, 1.807) is 31.3 Å². The largest absolute Gasteiger partial charge is 0.493 e. The van der Waals surface area contributed by atoms with Crippen LogP contribution < -0.4 is 30.2 Å². The minimum atomic E-state index is -0.698. The number of amides is 5. The van der Waals surface area contributed by atoms with Crippen LogP contribution in [0.3, 0.4) is 0 Å². The highest BCUT2D eigenvalue weighted by Crippen LogP contribution is 2.38. The van der Waals surface area contributed by atoms with Crippen LogP contribution in [0.5, 0.6) is 17.2 Å². The summed E-state index contributed by atoms with van der Waals surface area (Å²) in [5.74, 6) is -0.174. The summed E-state index contributed by atoms with van der Waals surface area (Å²) >= 11 is 0. The number of likely N-dealkylation sites (tertiary alicyclic amines) is 1. The van der Waals surface area contributed by atoms with E-state index in [-0.39, 0.29) is 49.0 Å². The lowest BCUT2D eigenvalue weighted by Crippen LogP contribution is -2.52. The highest BCUT2D eigenvalue weighted by molar-refractivity contribution is 6.06. The van der Waals surface area contributed by atoms with Gasteiger partial charge in [-0.3, -0.25) is 34.1 Å². The molecule has 16 nitrogen and oxygen atoms in total. The van der Waals surface area contributed by atoms with E-state index >= 15 is 0 Å². The smallest absolute Gasteiger partial charge is 0.329 e. The molecule has 3 N–H and O–H groups in total. The SMILES string of the molecule is CCCCC(=O)CNc1cccc2c1CN(C1CCC(=O)NC1=O)C2=O.CCCCCCCNC(=O)COc1cccc(C(CCc2ccc(C)c(C)c2)OC(=O)[C@@H]2CCCCN2C(=O)[C@@H](CC)c2cc(C)c(OC)c(OC)c2)c1. The molecule has 0 radical (unpaired) electrons. The molecular formula is C64H85N5O11. The second-order valence-corrected chi connectivity index (χ2v) is 21.3. The maximum atomic E-state index is 14.3. The molecule has 7 rings (SSSR count). The van der Waals surface area contributed by atoms with Crippen LogP contribution in [-0.4, -0.2) is 104 Å². The molecule has 3 aliphatic rings. The Bertz CT molecular complexity index is 2800. The number of imide groups is 1. The molecule has 0 saturated carbocycles. The Morgan fingerprint density at radius 3 is 2.29 bits per heavy atom. The summed E-state index contributed by atoms with van der Waals surface area (Å²) in [4.78, 5) is 92.4. The van der Waals surface area contributed by atoms with E-state index in [0.29, 0.717) is 81.0 Å². The van der Waals surface area contributed by atoms with Crippen molar-refractivity contribution in [2.45, 2.75) is 175 Å². The number of piperidine rings is 2. The molecule has 0 spiro atoms. The molecule has 2 saturated heterocycles. The summed E-state index contributed by atoms with van der Waals surface area (Å²) in [6.07, 6.45) is 12.0. The van der Waals surface area contributed by atoms with Gasteiger partial charge < -0.3 is 39.4 Å². The van der Waals surface area contributed by atoms with Crippen molar-refractivity contribution < 1.29 is 52.5 Å². The van der Waals surface area contributed by atoms with Crippen molar-refractivity contribution in [2.24, 2.45) is 0 Å². The summed E-state index contributed by atoms with van der Waals surface area (Å²) in [5.41, 5.74) is 8.17. The normalized spacial score (nSPS) is 16.6. The van der Waals surface area contributed by atoms with Crippen molar-refractivity contribution >= 4 is 47.0 Å². The van der Waals surface area contributed by atoms with Crippen LogP contribution in [0.2, 0.25) is 0 Å². The summed E-state index contributed by atoms with van der Waals surface area (Å²) in [7, 11) is 3.19. The second kappa shape index (κ2) is 30.9. The first-order chi connectivity index (χ1) is 38.6. The van der Waals surface area contributed by atoms with Crippen molar-refractivity contribution in [3.05, 3.63) is 117 Å². The van der Waals surface area contributed by atoms with Gasteiger partial charge in [-0.05, 0) is 142 Å². The minimum Gasteiger partial charge on any atom is -0.493 e. The Hall–Kier alpha value is -7.23. The van der Waals surface area contributed by atoms with E-state index in [1.807, 2.05) is 63.2 Å². The first-order valence-corrected chi connectivity index (χ1v) is 28.9. The molecule has 3 aliphatic heterocycles. The lowest BCUT2D eigenvalue weighted by atomic mass is 9.91. The number of rotatable bonds is 27. The van der Waals surface area contributed by atoms with Gasteiger partial charge >= 0.3 is 5.97 Å². The number of carbonyl (C=O) groups excluding carboxylic acids is 7. The number of fused-ring (bicyclic) bond motifs is 1. The predicted molar refractivity (Wildman–Crippen MR) is 309 cm³/mol. The Kier molecular flexibility index (Phi) is 24.0. The second-order valence-electron chi connectivity index (χ2n) is 21.3. The molecule has 0 aromatic heterocycles. The van der Waals surface area contributed by atoms with Gasteiger partial charge in [0, 0.05) is 49.3 Å². The summed E-state index contributed by atoms with van der Waals surface area (Å²) in [5, 5.41) is 8.38. The fourth-order valence-electron chi connectivity index (χ4n) is 10.7. The summed E-state index contributed by atoms with van der Waals surface area (Å²) in [6.45, 7) is 13.9. The zero-order chi connectivity index (χ0) is 57.7. The number of Topliss-reactive ketones (excluding diaryl/α,β-unsaturated/α-hetero) is 1. The van der Waals surface area contributed by atoms with Crippen LogP contribution in [0, 0.1) is 20.8 Å². The van der Waals surface area contributed by atoms with Gasteiger partial charge in [0.1, 0.15) is 23.9 Å². The molecule has 0 bridgehead atoms. The zero-order valence-corrected chi connectivity index (χ0v) is 48.5. The van der Waals surface area contributed by atoms with Gasteiger partial charge in [-0.15, -0.1) is 0 Å². The van der Waals surface area contributed by atoms with Gasteiger partial charge in [0.15, 0.2) is 23.9 Å². The number of nitrogens with zero attached hydrogens (tertiary/aromatic N) is 2. The lowest BCUT2D eigenvalue weighted by Gasteiger charge is -2.37. The summed E-state index contributed by atoms with van der Waals surface area (Å²) < 4.78 is 23.5. The number of nitrogens with one attached hydrogen (secondary N) is 3. The highest BCUT2D eigenvalue weighted by atomic mass is 16.5. The van der Waals surface area contributed by atoms with Gasteiger partial charge in [-0.25, -0.2) is 4.79 Å². The number of ether oxygens (including phenoxy) is 4. The van der Waals surface area contributed by atoms with Crippen LogP contribution in [0.15, 0.2) is 72.8 Å². The molecule has 3 heterocycles. The lowest BCUT2D eigenvalue weighted by molar-refractivity contribution is -0.162. The monoisotopic (exact) mass is 1100 g/mol. The highest BCUT2D eigenvalue weighted by Gasteiger charge is 2.41. The molecule has 0 aliphatic carbocycles. The number of ketones is 1. The average molecular weight is 1100 g/mol. The fraction of sp³-hybridized carbons (Fsp3) is 0.516. The van der Waals surface area contributed by atoms with E-state index in [0.717, 1.165) is 72.0 Å². The Labute approximate surface area is 473 Å². The van der Waals surface area contributed by atoms with Gasteiger partial charge in [0.25, 0.3) is 11.8 Å². The van der Waals surface area contributed by atoms with E-state index in [2.05, 4.69) is 54.9 Å². The van der Waals surface area contributed by atoms with Crippen molar-refractivity contribution in [2.75, 3.05) is 45.8 Å². The average Bonchev–Trinajstić information content (AvgIpc) is 3.81. The maximum absolute atomic E-state index is 14.3. The number of esters is 1. The first-order valence-electron chi connectivity index (χ1n) is 28.9. The van der Waals surface area contributed by atoms with E-state index in [9.17, 15) is 33.6 Å². The standard InChI is InChI=1S/C45H62N2O7.C19H23N3O4/c1-8-10-11-12-14-24-46-42(48)30-53-37-18-16-17-35(28-37)40(23-22-34-21-20-31(3)32(4)26-34)54-45(50)39-19-13-15-25-47(39)44(49)38(9-2)36-27-33(5)43(52-7)41(29-36)51-6;1-2-3-5-12(23)10-20-15-7-4-6-13-14(15)11-22(19(13)26)16-8-9-17(24)21-18(16)25/h16-18,20-21,26-29,38-40H,8-15,19,22-25,30H2,1-7H3,(H,46,48);4,6-7,16,20H,2-3,5,8-11H2,1H3,(H,21,24,25)/t38-,39-,40?;/m0./s1. The Morgan fingerprint density at radius 1 is 0.787 bits per heavy atom. The Morgan fingerprint density at radius 2 is 1.56 bits per heavy atom. The maximum Gasteiger partial charge on any atom is 0.329 e. The molecule has 4 aromatic carbocycles. The van der Waals surface area contributed by atoms with E-state index in [1.165, 1.54) is 35.3 Å². The van der Waals surface area contributed by atoms with Crippen LogP contribution in [0.1, 0.15) is 178 Å². The van der Waals surface area contributed by atoms with Crippen LogP contribution in [-0.2, 0) is 46.5 Å². The van der Waals surface area contributed by atoms with Crippen molar-refractivity contribution in [3.63, 3.8) is 0 Å². The number of hydrogen-bond donors (Lipinski definition) is 3. The number of benzene rings is 4. The van der Waals surface area contributed by atoms with Gasteiger partial charge in [0.2, 0.25) is 17.7 Å². The third-order valence-corrected chi connectivity index (χ3v) is 15.4. The number of carbonyl (C=O) groups is 7. The van der Waals surface area contributed by atoms with E-state index < -0.39 is 36.0 Å². The molecule has 16 heteroatoms. The number of methoxy groups -OCH3 is 2. The molecule has 4 aromatic rings. The number of aryl methyl sites for hydroxylation is 4. The zero-order valence-electron chi connectivity index (χ0n) is 48.5. The molecule has 432 valence electrons. The van der Waals surface area contributed by atoms with E-state index in [4.69, 9.17) is 18.9 Å². The topological polar surface area (TPSA) is 199 Å². The van der Waals surface area contributed by atoms with Crippen molar-refractivity contribution in [1.29, 1.82) is 0 Å². The van der Waals surface area contributed by atoms with Crippen molar-refractivity contribution in [1.82, 2.24) is 20.4 Å². The molecular weight excluding hydrogens is 1010 g/mol. The third kappa shape index (κ3) is 16.9. The first kappa shape index (κ1) is 62.0. The quantitative estimate of drug-likeness (QED) is 0.0290. The number of unbranched alkanes of at least 4 members (excludes halogenated alkanes) is 5. The van der Waals surface area contributed by atoms with Crippen LogP contribution in [0.4, 0.5) is 5.69 Å². The molecule has 2 unspecified atom stereocenters. The molecule has 2 fully saturated rings. The molecule has 4 atom stereocenters. The minimum absolute atomic E-state index is 0.0907. The third-order valence-electron chi connectivity index (χ3n) is 15.4. The fourth-order valence-corrected chi connectivity index (χ4v) is 10.7. The Balaban J connectivity index is 0.000000329. The van der Waals surface area contributed by atoms with Crippen molar-refractivity contribution in [3.8, 4) is 17.2 Å².